The van der Waals surface area contributed by atoms with Gasteiger partial charge in [0.2, 0.25) is 0 Å². The zero-order valence-corrected chi connectivity index (χ0v) is 22.7. The highest BCUT2D eigenvalue weighted by Crippen LogP contribution is 2.42. The minimum Gasteiger partial charge on any atom is -0.493 e. The molecule has 1 aliphatic carbocycles. The Morgan fingerprint density at radius 3 is 2.71 bits per heavy atom. The molecule has 2 aliphatic rings. The Bertz CT molecular complexity index is 1420. The van der Waals surface area contributed by atoms with Gasteiger partial charge in [-0.1, -0.05) is 11.6 Å². The number of fused-ring (bicyclic) bond motifs is 3. The number of benzene rings is 1. The second-order valence-corrected chi connectivity index (χ2v) is 12.1. The quantitative estimate of drug-likeness (QED) is 0.280. The molecular formula is C28H32ClN5O3S. The minimum atomic E-state index is -1.91. The number of H-pyrrole nitrogens is 1. The molecule has 3 unspecified atom stereocenters. The van der Waals surface area contributed by atoms with Gasteiger partial charge in [0.05, 0.1) is 24.5 Å². The number of ether oxygens (including phenoxy) is 1. The van der Waals surface area contributed by atoms with Crippen molar-refractivity contribution in [3.63, 3.8) is 0 Å². The topological polar surface area (TPSA) is 104 Å². The molecule has 2 N–H and O–H groups in total. The molecular weight excluding hydrogens is 522 g/mol. The van der Waals surface area contributed by atoms with E-state index in [0.717, 1.165) is 79.3 Å². The van der Waals surface area contributed by atoms with Crippen LogP contribution in [0.3, 0.4) is 0 Å². The van der Waals surface area contributed by atoms with Gasteiger partial charge in [0.25, 0.3) is 0 Å². The monoisotopic (exact) mass is 553 g/mol. The average molecular weight is 554 g/mol. The second kappa shape index (κ2) is 11.3. The fraction of sp³-hybridized carbons (Fsp3) is 0.464. The minimum absolute atomic E-state index is 0.185. The van der Waals surface area contributed by atoms with Crippen LogP contribution in [0.5, 0.6) is 5.75 Å². The number of pyridine rings is 1. The van der Waals surface area contributed by atoms with Crippen molar-refractivity contribution in [2.75, 3.05) is 19.7 Å². The van der Waals surface area contributed by atoms with Crippen LogP contribution < -0.4 is 4.74 Å². The van der Waals surface area contributed by atoms with Crippen LogP contribution in [-0.2, 0) is 11.1 Å². The summed E-state index contributed by atoms with van der Waals surface area (Å²) < 4.78 is 29.1. The summed E-state index contributed by atoms with van der Waals surface area (Å²) in [7, 11) is 0. The van der Waals surface area contributed by atoms with Crippen LogP contribution in [0.4, 0.5) is 0 Å². The third-order valence-electron chi connectivity index (χ3n) is 8.24. The number of halogens is 1. The third-order valence-corrected chi connectivity index (χ3v) is 9.59. The average Bonchev–Trinajstić information content (AvgIpc) is 3.42. The number of nitrogens with one attached hydrogen (secondary N) is 1. The molecule has 6 rings (SSSR count). The lowest BCUT2D eigenvalue weighted by atomic mass is 9.77. The predicted octanol–water partition coefficient (Wildman–Crippen LogP) is 5.77. The zero-order chi connectivity index (χ0) is 26.1. The molecule has 1 saturated heterocycles. The number of nitrogens with zero attached hydrogens (tertiary/aromatic N) is 4. The first-order valence-electron chi connectivity index (χ1n) is 13.4. The van der Waals surface area contributed by atoms with Crippen molar-refractivity contribution in [1.82, 2.24) is 25.1 Å². The zero-order valence-electron chi connectivity index (χ0n) is 21.1. The van der Waals surface area contributed by atoms with E-state index < -0.39 is 11.1 Å². The summed E-state index contributed by atoms with van der Waals surface area (Å²) in [5.74, 6) is 1.67. The van der Waals surface area contributed by atoms with E-state index in [1.54, 1.807) is 12.4 Å². The van der Waals surface area contributed by atoms with E-state index in [2.05, 4.69) is 25.1 Å². The van der Waals surface area contributed by atoms with Crippen LogP contribution in [0.15, 0.2) is 48.9 Å². The maximum absolute atomic E-state index is 12.7. The molecule has 0 bridgehead atoms. The molecule has 38 heavy (non-hydrogen) atoms. The van der Waals surface area contributed by atoms with Crippen LogP contribution in [0.25, 0.3) is 21.9 Å². The number of rotatable bonds is 7. The molecule has 2 fully saturated rings. The van der Waals surface area contributed by atoms with E-state index in [1.807, 2.05) is 36.5 Å². The highest BCUT2D eigenvalue weighted by atomic mass is 35.5. The van der Waals surface area contributed by atoms with E-state index in [-0.39, 0.29) is 11.3 Å². The first-order valence-corrected chi connectivity index (χ1v) is 14.9. The number of likely N-dealkylation sites (tertiary alicyclic amines) is 1. The Balaban J connectivity index is 1.13. The van der Waals surface area contributed by atoms with Gasteiger partial charge >= 0.3 is 0 Å². The van der Waals surface area contributed by atoms with Gasteiger partial charge in [-0.2, -0.15) is 5.10 Å². The normalized spacial score (nSPS) is 24.4. The molecule has 0 spiro atoms. The van der Waals surface area contributed by atoms with Crippen molar-refractivity contribution in [3.05, 3.63) is 59.5 Å². The molecule has 3 aromatic heterocycles. The SMILES string of the molecule is O=S(O)C(C1CCC(c2cn[nH]c3cnc4nccc4c23)CC1)N1CCCC(COc2ccc(Cl)cc2)C1. The molecule has 3 atom stereocenters. The maximum atomic E-state index is 12.7. The van der Waals surface area contributed by atoms with Crippen molar-refractivity contribution in [1.29, 1.82) is 0 Å². The number of piperidine rings is 1. The van der Waals surface area contributed by atoms with E-state index in [1.165, 1.54) is 5.56 Å². The van der Waals surface area contributed by atoms with Gasteiger partial charge in [-0.15, -0.1) is 0 Å². The van der Waals surface area contributed by atoms with Crippen molar-refractivity contribution < 1.29 is 13.5 Å². The van der Waals surface area contributed by atoms with Gasteiger partial charge in [0.1, 0.15) is 11.1 Å². The van der Waals surface area contributed by atoms with Crippen LogP contribution in [-0.4, -0.2) is 58.9 Å². The van der Waals surface area contributed by atoms with Gasteiger partial charge < -0.3 is 9.29 Å². The largest absolute Gasteiger partial charge is 0.493 e. The van der Waals surface area contributed by atoms with Crippen molar-refractivity contribution in [2.24, 2.45) is 11.8 Å². The van der Waals surface area contributed by atoms with Crippen LogP contribution >= 0.6 is 11.6 Å². The van der Waals surface area contributed by atoms with E-state index >= 15 is 0 Å². The summed E-state index contributed by atoms with van der Waals surface area (Å²) in [6, 6.07) is 9.43. The van der Waals surface area contributed by atoms with Crippen molar-refractivity contribution >= 4 is 44.6 Å². The lowest BCUT2D eigenvalue weighted by molar-refractivity contribution is 0.0879. The highest BCUT2D eigenvalue weighted by molar-refractivity contribution is 7.79. The number of hydrogen-bond donors (Lipinski definition) is 2. The highest BCUT2D eigenvalue weighted by Gasteiger charge is 2.38. The number of aromatic nitrogens is 4. The first kappa shape index (κ1) is 25.7. The van der Waals surface area contributed by atoms with Gasteiger partial charge in [-0.05, 0) is 92.8 Å². The molecule has 1 aromatic carbocycles. The fourth-order valence-corrected chi connectivity index (χ4v) is 7.59. The lowest BCUT2D eigenvalue weighted by Crippen LogP contribution is -2.49. The van der Waals surface area contributed by atoms with Crippen molar-refractivity contribution in [2.45, 2.75) is 49.8 Å². The van der Waals surface area contributed by atoms with Crippen LogP contribution in [0.1, 0.15) is 50.0 Å². The molecule has 0 amide bonds. The smallest absolute Gasteiger partial charge is 0.171 e. The third kappa shape index (κ3) is 5.30. The summed E-state index contributed by atoms with van der Waals surface area (Å²) >= 11 is 4.07. The summed E-state index contributed by atoms with van der Waals surface area (Å²) in [5, 5.41) is 10.0. The van der Waals surface area contributed by atoms with Gasteiger partial charge in [-0.3, -0.25) is 10.00 Å². The molecule has 1 aliphatic heterocycles. The Hall–Kier alpha value is -2.59. The standard InChI is InChI=1S/C28H32ClN5O3S/c29-21-7-9-22(10-8-21)37-17-18-2-1-13-34(16-18)28(38(35)36)20-5-3-19(4-6-20)24-14-32-33-25-15-31-27-23(26(24)25)11-12-30-27/h7-12,14-15,18-20,28,33H,1-6,13,16-17H2,(H,35,36). The summed E-state index contributed by atoms with van der Waals surface area (Å²) in [4.78, 5) is 11.1. The number of aromatic amines is 1. The Labute approximate surface area is 229 Å². The Morgan fingerprint density at radius 1 is 1.11 bits per heavy atom. The molecule has 0 radical (unpaired) electrons. The molecule has 10 heteroatoms. The van der Waals surface area contributed by atoms with Gasteiger partial charge in [0, 0.05) is 34.5 Å². The first-order chi connectivity index (χ1) is 18.6. The van der Waals surface area contributed by atoms with Gasteiger partial charge in [0.15, 0.2) is 16.7 Å². The maximum Gasteiger partial charge on any atom is 0.171 e. The predicted molar refractivity (Wildman–Crippen MR) is 150 cm³/mol. The lowest BCUT2D eigenvalue weighted by Gasteiger charge is -2.42. The summed E-state index contributed by atoms with van der Waals surface area (Å²) in [6.07, 6.45) is 11.4. The van der Waals surface area contributed by atoms with Crippen LogP contribution in [0, 0.1) is 11.8 Å². The number of hydrogen-bond acceptors (Lipinski definition) is 6. The van der Waals surface area contributed by atoms with E-state index in [0.29, 0.717) is 23.5 Å². The van der Waals surface area contributed by atoms with E-state index in [4.69, 9.17) is 16.3 Å². The fourth-order valence-electron chi connectivity index (χ4n) is 6.42. The Morgan fingerprint density at radius 2 is 1.92 bits per heavy atom. The van der Waals surface area contributed by atoms with Crippen LogP contribution in [0.2, 0.25) is 5.02 Å². The molecule has 4 aromatic rings. The molecule has 4 heterocycles. The second-order valence-electron chi connectivity index (χ2n) is 10.6. The van der Waals surface area contributed by atoms with Gasteiger partial charge in [-0.25, -0.2) is 14.2 Å². The molecule has 200 valence electrons. The molecule has 8 nitrogen and oxygen atoms in total. The van der Waals surface area contributed by atoms with Crippen molar-refractivity contribution in [3.8, 4) is 5.75 Å². The summed E-state index contributed by atoms with van der Waals surface area (Å²) in [6.45, 7) is 2.23. The Kier molecular flexibility index (Phi) is 7.61. The summed E-state index contributed by atoms with van der Waals surface area (Å²) in [5.41, 5.74) is 2.89. The molecule has 1 saturated carbocycles. The van der Waals surface area contributed by atoms with E-state index in [9.17, 15) is 8.76 Å².